The van der Waals surface area contributed by atoms with E-state index in [1.165, 1.54) is 0 Å². The van der Waals surface area contributed by atoms with Gasteiger partial charge in [0.05, 0.1) is 6.08 Å². The number of hydrogen-bond donors (Lipinski definition) is 0. The third kappa shape index (κ3) is 7.12. The van der Waals surface area contributed by atoms with Crippen molar-refractivity contribution >= 4 is 12.2 Å². The van der Waals surface area contributed by atoms with Crippen LogP contribution in [0.2, 0.25) is 0 Å². The molecule has 2 nitrogen and oxygen atoms in total. The molecule has 0 rings (SSSR count). The van der Waals surface area contributed by atoms with Crippen LogP contribution in [0.4, 0.5) is 0 Å². The summed E-state index contributed by atoms with van der Waals surface area (Å²) in [5.41, 5.74) is 0. The summed E-state index contributed by atoms with van der Waals surface area (Å²) in [6.45, 7) is 0. The van der Waals surface area contributed by atoms with E-state index >= 15 is 0 Å². The van der Waals surface area contributed by atoms with E-state index in [1.807, 2.05) is 6.29 Å². The van der Waals surface area contributed by atoms with Crippen molar-refractivity contribution in [1.29, 1.82) is 0 Å². The molecular formula is C8H10O2. The fourth-order valence-electron chi connectivity index (χ4n) is 0.638. The van der Waals surface area contributed by atoms with Crippen LogP contribution < -0.4 is 0 Å². The van der Waals surface area contributed by atoms with E-state index in [9.17, 15) is 9.59 Å². The van der Waals surface area contributed by atoms with Crippen molar-refractivity contribution in [2.45, 2.75) is 32.1 Å². The molecule has 0 aromatic rings. The summed E-state index contributed by atoms with van der Waals surface area (Å²) in [6.07, 6.45) is 8.13. The van der Waals surface area contributed by atoms with Crippen molar-refractivity contribution in [3.8, 4) is 0 Å². The maximum absolute atomic E-state index is 9.69. The van der Waals surface area contributed by atoms with Crippen LogP contribution in [0.25, 0.3) is 0 Å². The Balaban J connectivity index is 2.90. The van der Waals surface area contributed by atoms with Gasteiger partial charge >= 0.3 is 0 Å². The second-order valence-corrected chi connectivity index (χ2v) is 1.98. The largest absolute Gasteiger partial charge is 0.291 e. The average molecular weight is 138 g/mol. The molecule has 0 saturated heterocycles. The zero-order valence-electron chi connectivity index (χ0n) is 5.85. The molecule has 0 N–H and O–H groups in total. The molecule has 0 aliphatic carbocycles. The number of carbonyl (C=O) groups excluding carboxylic acids is 2. The zero-order valence-corrected chi connectivity index (χ0v) is 5.85. The maximum atomic E-state index is 9.69. The minimum Gasteiger partial charge on any atom is -0.291 e. The Morgan fingerprint density at radius 1 is 0.900 bits per heavy atom. The summed E-state index contributed by atoms with van der Waals surface area (Å²) in [5, 5.41) is 0. The normalized spacial score (nSPS) is 8.40. The summed E-state index contributed by atoms with van der Waals surface area (Å²) in [5.74, 6) is 1.58. The third-order valence-electron chi connectivity index (χ3n) is 1.15. The standard InChI is InChI=1S/C8H10O2/c9-7-5-3-1-2-4-6-8-10/h1-5H2. The van der Waals surface area contributed by atoms with E-state index in [0.29, 0.717) is 12.8 Å². The van der Waals surface area contributed by atoms with Gasteiger partial charge < -0.3 is 0 Å². The van der Waals surface area contributed by atoms with Crippen molar-refractivity contribution in [2.75, 3.05) is 0 Å². The first-order chi connectivity index (χ1) is 4.91. The summed E-state index contributed by atoms with van der Waals surface area (Å²) in [6, 6.07) is 0. The van der Waals surface area contributed by atoms with Crippen LogP contribution in [0.3, 0.4) is 0 Å². The van der Waals surface area contributed by atoms with Crippen LogP contribution in [0, 0.1) is 6.08 Å². The highest BCUT2D eigenvalue weighted by Crippen LogP contribution is 2.00. The van der Waals surface area contributed by atoms with Crippen LogP contribution in [-0.4, -0.2) is 12.2 Å². The molecule has 0 fully saturated rings. The van der Waals surface area contributed by atoms with Crippen LogP contribution in [0.15, 0.2) is 0 Å². The predicted octanol–water partition coefficient (Wildman–Crippen LogP) is 1.24. The molecule has 0 heterocycles. The predicted molar refractivity (Wildman–Crippen MR) is 37.7 cm³/mol. The molecule has 0 spiro atoms. The van der Waals surface area contributed by atoms with Crippen molar-refractivity contribution in [1.82, 2.24) is 0 Å². The lowest BCUT2D eigenvalue weighted by molar-refractivity contribution is 0.545. The highest BCUT2D eigenvalue weighted by molar-refractivity contribution is 5.50. The molecule has 0 amide bonds. The second kappa shape index (κ2) is 8.12. The Labute approximate surface area is 60.9 Å². The Kier molecular flexibility index (Phi) is 7.41. The van der Waals surface area contributed by atoms with E-state index in [-0.39, 0.29) is 0 Å². The molecule has 2 radical (unpaired) electrons. The van der Waals surface area contributed by atoms with Gasteiger partial charge in [0.1, 0.15) is 5.94 Å². The summed E-state index contributed by atoms with van der Waals surface area (Å²) >= 11 is 0. The van der Waals surface area contributed by atoms with Crippen LogP contribution >= 0.6 is 0 Å². The van der Waals surface area contributed by atoms with Crippen molar-refractivity contribution in [3.63, 3.8) is 0 Å². The summed E-state index contributed by atoms with van der Waals surface area (Å²) in [7, 11) is 0. The van der Waals surface area contributed by atoms with Gasteiger partial charge in [0.25, 0.3) is 0 Å². The van der Waals surface area contributed by atoms with Gasteiger partial charge in [-0.15, -0.1) is 0 Å². The van der Waals surface area contributed by atoms with Crippen molar-refractivity contribution < 1.29 is 9.59 Å². The van der Waals surface area contributed by atoms with Gasteiger partial charge in [-0.2, -0.15) is 0 Å². The average Bonchev–Trinajstić information content (AvgIpc) is 1.97. The van der Waals surface area contributed by atoms with Gasteiger partial charge in [0.2, 0.25) is 0 Å². The lowest BCUT2D eigenvalue weighted by atomic mass is 10.1. The molecule has 54 valence electrons. The second-order valence-electron chi connectivity index (χ2n) is 1.98. The van der Waals surface area contributed by atoms with Crippen LogP contribution in [0.5, 0.6) is 0 Å². The topological polar surface area (TPSA) is 34.1 Å². The molecule has 10 heavy (non-hydrogen) atoms. The van der Waals surface area contributed by atoms with Gasteiger partial charge in [-0.3, -0.25) is 4.79 Å². The van der Waals surface area contributed by atoms with Crippen molar-refractivity contribution in [3.05, 3.63) is 6.08 Å². The SMILES string of the molecule is O=[C]CCCCC[C]=C=O. The molecule has 0 unspecified atom stereocenters. The molecule has 2 heteroatoms. The molecule has 0 bridgehead atoms. The van der Waals surface area contributed by atoms with Gasteiger partial charge in [-0.1, -0.05) is 6.42 Å². The molecule has 0 saturated carbocycles. The fourth-order valence-corrected chi connectivity index (χ4v) is 0.638. The highest BCUT2D eigenvalue weighted by atomic mass is 16.1. The van der Waals surface area contributed by atoms with Gasteiger partial charge in [0.15, 0.2) is 6.29 Å². The number of unbranched alkanes of at least 4 members (excludes halogenated alkanes) is 4. The Bertz CT molecular complexity index is 123. The van der Waals surface area contributed by atoms with Crippen LogP contribution in [0.1, 0.15) is 32.1 Å². The number of rotatable bonds is 6. The highest BCUT2D eigenvalue weighted by Gasteiger charge is 1.86. The van der Waals surface area contributed by atoms with E-state index < -0.39 is 0 Å². The van der Waals surface area contributed by atoms with Gasteiger partial charge in [-0.25, -0.2) is 4.79 Å². The zero-order chi connectivity index (χ0) is 7.66. The van der Waals surface area contributed by atoms with E-state index in [0.717, 1.165) is 19.3 Å². The molecule has 0 aromatic carbocycles. The van der Waals surface area contributed by atoms with Gasteiger partial charge in [-0.05, 0) is 19.3 Å². The quantitative estimate of drug-likeness (QED) is 0.408. The first-order valence-electron chi connectivity index (χ1n) is 3.37. The summed E-state index contributed by atoms with van der Waals surface area (Å²) < 4.78 is 0. The summed E-state index contributed by atoms with van der Waals surface area (Å²) in [4.78, 5) is 19.3. The minimum atomic E-state index is 0.505. The third-order valence-corrected chi connectivity index (χ3v) is 1.15. The first kappa shape index (κ1) is 9.12. The number of hydrogen-bond acceptors (Lipinski definition) is 2. The smallest absolute Gasteiger partial charge is 0.198 e. The Morgan fingerprint density at radius 3 is 2.20 bits per heavy atom. The van der Waals surface area contributed by atoms with E-state index in [2.05, 4.69) is 6.08 Å². The Hall–Kier alpha value is -0.880. The fraction of sp³-hybridized carbons (Fsp3) is 0.625. The lowest BCUT2D eigenvalue weighted by Gasteiger charge is -1.89. The van der Waals surface area contributed by atoms with Crippen molar-refractivity contribution in [2.24, 2.45) is 0 Å². The molecule has 0 aliphatic heterocycles. The molecular weight excluding hydrogens is 128 g/mol. The molecule has 0 atom stereocenters. The molecule has 0 aromatic heterocycles. The lowest BCUT2D eigenvalue weighted by Crippen LogP contribution is -1.77. The maximum Gasteiger partial charge on any atom is 0.198 e. The van der Waals surface area contributed by atoms with Crippen LogP contribution in [-0.2, 0) is 9.59 Å². The van der Waals surface area contributed by atoms with E-state index in [4.69, 9.17) is 0 Å². The van der Waals surface area contributed by atoms with E-state index in [1.54, 1.807) is 5.94 Å². The minimum absolute atomic E-state index is 0.505. The Morgan fingerprint density at radius 2 is 1.60 bits per heavy atom. The molecule has 0 aliphatic rings. The monoisotopic (exact) mass is 138 g/mol. The number of allylic oxidation sites excluding steroid dienone is 1. The van der Waals surface area contributed by atoms with Gasteiger partial charge in [0, 0.05) is 6.42 Å². The first-order valence-corrected chi connectivity index (χ1v) is 3.37.